The van der Waals surface area contributed by atoms with Crippen molar-refractivity contribution in [3.63, 3.8) is 0 Å². The molecule has 0 atom stereocenters. The minimum absolute atomic E-state index is 0.119. The highest BCUT2D eigenvalue weighted by Crippen LogP contribution is 2.23. The number of hydrogen-bond acceptors (Lipinski definition) is 6. The number of amides is 2. The second kappa shape index (κ2) is 9.78. The normalized spacial score (nSPS) is 10.1. The Morgan fingerprint density at radius 1 is 1.00 bits per heavy atom. The van der Waals surface area contributed by atoms with Gasteiger partial charge in [0.15, 0.2) is 6.61 Å². The van der Waals surface area contributed by atoms with Crippen molar-refractivity contribution in [2.24, 2.45) is 0 Å². The smallest absolute Gasteiger partial charge is 0.406 e. The van der Waals surface area contributed by atoms with E-state index < -0.39 is 23.3 Å². The average Bonchev–Trinajstić information content (AvgIpc) is 2.77. The molecule has 0 saturated carbocycles. The molecular weight excluding hydrogens is 388 g/mol. The highest BCUT2D eigenvalue weighted by Gasteiger charge is 2.18. The molecule has 2 aromatic carbocycles. The largest absolute Gasteiger partial charge is 0.476 e. The number of nitrogens with one attached hydrogen (secondary N) is 2. The van der Waals surface area contributed by atoms with E-state index in [4.69, 9.17) is 4.74 Å². The zero-order chi connectivity index (χ0) is 21.3. The number of hydrogen-bond donors (Lipinski definition) is 2. The van der Waals surface area contributed by atoms with Crippen LogP contribution in [0.2, 0.25) is 0 Å². The number of nitro groups is 1. The first-order valence-corrected chi connectivity index (χ1v) is 8.98. The summed E-state index contributed by atoms with van der Waals surface area (Å²) in [7, 11) is 0. The Morgan fingerprint density at radius 3 is 2.50 bits per heavy atom. The summed E-state index contributed by atoms with van der Waals surface area (Å²) in [5, 5.41) is 16.4. The Morgan fingerprint density at radius 2 is 1.73 bits per heavy atom. The van der Waals surface area contributed by atoms with Gasteiger partial charge in [0.25, 0.3) is 11.8 Å². The van der Waals surface area contributed by atoms with E-state index in [0.29, 0.717) is 12.2 Å². The van der Waals surface area contributed by atoms with E-state index in [1.165, 1.54) is 18.3 Å². The molecule has 2 N–H and O–H groups in total. The van der Waals surface area contributed by atoms with Crippen LogP contribution in [0.25, 0.3) is 0 Å². The van der Waals surface area contributed by atoms with Gasteiger partial charge < -0.3 is 25.5 Å². The summed E-state index contributed by atoms with van der Waals surface area (Å²) in [5.74, 6) is -1.52. The van der Waals surface area contributed by atoms with E-state index in [1.807, 2.05) is 30.3 Å². The zero-order valence-electron chi connectivity index (χ0n) is 15.8. The molecule has 0 saturated heterocycles. The van der Waals surface area contributed by atoms with Gasteiger partial charge in [0, 0.05) is 6.54 Å². The fourth-order valence-electron chi connectivity index (χ4n) is 2.63. The molecule has 2 amide bonds. The van der Waals surface area contributed by atoms with Gasteiger partial charge in [-0.15, -0.1) is 0 Å². The lowest BCUT2D eigenvalue weighted by molar-refractivity contribution is -0.390. The average molecular weight is 406 g/mol. The first-order valence-electron chi connectivity index (χ1n) is 8.98. The number of aromatic nitrogens is 1. The molecule has 0 aliphatic heterocycles. The van der Waals surface area contributed by atoms with Crippen molar-refractivity contribution >= 4 is 23.3 Å². The summed E-state index contributed by atoms with van der Waals surface area (Å²) in [6.07, 6.45) is 1.26. The van der Waals surface area contributed by atoms with E-state index >= 15 is 0 Å². The first-order chi connectivity index (χ1) is 14.5. The van der Waals surface area contributed by atoms with Gasteiger partial charge in [-0.2, -0.15) is 0 Å². The molecule has 9 heteroatoms. The van der Waals surface area contributed by atoms with E-state index in [0.717, 1.165) is 5.56 Å². The van der Waals surface area contributed by atoms with Gasteiger partial charge in [-0.05, 0) is 39.7 Å². The number of carbonyl (C=O) groups is 2. The third-order valence-corrected chi connectivity index (χ3v) is 4.02. The molecule has 3 aromatic rings. The number of benzene rings is 2. The van der Waals surface area contributed by atoms with E-state index in [2.05, 4.69) is 15.6 Å². The Bertz CT molecular complexity index is 1060. The number of nitrogens with zero attached hydrogens (tertiary/aromatic N) is 2. The van der Waals surface area contributed by atoms with Gasteiger partial charge in [0.05, 0.1) is 11.3 Å². The van der Waals surface area contributed by atoms with E-state index in [9.17, 15) is 19.7 Å². The van der Waals surface area contributed by atoms with Crippen LogP contribution >= 0.6 is 0 Å². The van der Waals surface area contributed by atoms with Crippen molar-refractivity contribution in [1.82, 2.24) is 10.3 Å². The number of ether oxygens (including phenoxy) is 1. The predicted octanol–water partition coefficient (Wildman–Crippen LogP) is 2.94. The van der Waals surface area contributed by atoms with Crippen LogP contribution in [0.3, 0.4) is 0 Å². The molecule has 0 spiro atoms. The molecule has 9 nitrogen and oxygen atoms in total. The van der Waals surface area contributed by atoms with Crippen LogP contribution in [0, 0.1) is 10.1 Å². The summed E-state index contributed by atoms with van der Waals surface area (Å²) in [5.41, 5.74) is 1.53. The highest BCUT2D eigenvalue weighted by atomic mass is 16.6. The van der Waals surface area contributed by atoms with E-state index in [1.54, 1.807) is 24.3 Å². The molecule has 0 fully saturated rings. The van der Waals surface area contributed by atoms with Crippen LogP contribution in [0.1, 0.15) is 15.9 Å². The van der Waals surface area contributed by atoms with Gasteiger partial charge in [-0.3, -0.25) is 9.59 Å². The van der Waals surface area contributed by atoms with Gasteiger partial charge in [0.2, 0.25) is 5.75 Å². The van der Waals surface area contributed by atoms with Crippen molar-refractivity contribution in [1.29, 1.82) is 0 Å². The van der Waals surface area contributed by atoms with Crippen molar-refractivity contribution < 1.29 is 19.2 Å². The predicted molar refractivity (Wildman–Crippen MR) is 109 cm³/mol. The number of rotatable bonds is 8. The minimum Gasteiger partial charge on any atom is -0.476 e. The van der Waals surface area contributed by atoms with Crippen LogP contribution in [-0.4, -0.2) is 28.3 Å². The summed E-state index contributed by atoms with van der Waals surface area (Å²) in [6.45, 7) is -0.137. The van der Waals surface area contributed by atoms with Gasteiger partial charge in [-0.25, -0.2) is 0 Å². The van der Waals surface area contributed by atoms with Crippen LogP contribution in [-0.2, 0) is 11.3 Å². The fraction of sp³-hybridized carbons (Fsp3) is 0.0952. The monoisotopic (exact) mass is 406 g/mol. The first kappa shape index (κ1) is 20.5. The number of pyridine rings is 1. The standard InChI is InChI=1S/C21H18N4O5/c26-19(14-30-18-11-6-12-22-20(18)25(28)29)24-17-10-5-4-9-16(17)21(27)23-13-15-7-2-1-3-8-15/h1-12H,13-14H2,(H,23,27)(H,24,26). The van der Waals surface area contributed by atoms with Crippen LogP contribution < -0.4 is 15.4 Å². The van der Waals surface area contributed by atoms with Gasteiger partial charge in [0.1, 0.15) is 6.20 Å². The molecule has 0 bridgehead atoms. The zero-order valence-corrected chi connectivity index (χ0v) is 15.8. The second-order valence-electron chi connectivity index (χ2n) is 6.13. The quantitative estimate of drug-likeness (QED) is 0.438. The Balaban J connectivity index is 1.62. The number of para-hydroxylation sites is 1. The van der Waals surface area contributed by atoms with Gasteiger partial charge >= 0.3 is 5.82 Å². The summed E-state index contributed by atoms with van der Waals surface area (Å²) < 4.78 is 5.22. The molecule has 3 rings (SSSR count). The number of carbonyl (C=O) groups excluding carboxylic acids is 2. The van der Waals surface area contributed by atoms with Crippen molar-refractivity contribution in [3.8, 4) is 5.75 Å². The molecule has 30 heavy (non-hydrogen) atoms. The Kier molecular flexibility index (Phi) is 6.67. The topological polar surface area (TPSA) is 123 Å². The molecular formula is C21H18N4O5. The molecule has 1 aromatic heterocycles. The maximum Gasteiger partial charge on any atom is 0.406 e. The lowest BCUT2D eigenvalue weighted by Crippen LogP contribution is -2.26. The maximum absolute atomic E-state index is 12.5. The summed E-state index contributed by atoms with van der Waals surface area (Å²) in [4.78, 5) is 38.7. The second-order valence-corrected chi connectivity index (χ2v) is 6.13. The van der Waals surface area contributed by atoms with E-state index in [-0.39, 0.29) is 17.2 Å². The Hall–Kier alpha value is -4.27. The molecule has 1 heterocycles. The molecule has 152 valence electrons. The highest BCUT2D eigenvalue weighted by molar-refractivity contribution is 6.04. The fourth-order valence-corrected chi connectivity index (χ4v) is 2.63. The van der Waals surface area contributed by atoms with Crippen LogP contribution in [0.5, 0.6) is 5.75 Å². The van der Waals surface area contributed by atoms with Crippen molar-refractivity contribution in [3.05, 3.63) is 94.2 Å². The third kappa shape index (κ3) is 5.38. The molecule has 0 radical (unpaired) electrons. The summed E-state index contributed by atoms with van der Waals surface area (Å²) in [6, 6.07) is 18.8. The lowest BCUT2D eigenvalue weighted by atomic mass is 10.1. The molecule has 0 unspecified atom stereocenters. The molecule has 0 aliphatic carbocycles. The Labute approximate surface area is 171 Å². The number of anilines is 1. The summed E-state index contributed by atoms with van der Waals surface area (Å²) >= 11 is 0. The van der Waals surface area contributed by atoms with Crippen molar-refractivity contribution in [2.75, 3.05) is 11.9 Å². The van der Waals surface area contributed by atoms with Crippen LogP contribution in [0.15, 0.2) is 72.9 Å². The lowest BCUT2D eigenvalue weighted by Gasteiger charge is -2.12. The van der Waals surface area contributed by atoms with Gasteiger partial charge in [-0.1, -0.05) is 42.5 Å². The minimum atomic E-state index is -0.695. The van der Waals surface area contributed by atoms with Crippen LogP contribution in [0.4, 0.5) is 11.5 Å². The third-order valence-electron chi connectivity index (χ3n) is 4.02. The van der Waals surface area contributed by atoms with Crippen molar-refractivity contribution in [2.45, 2.75) is 6.54 Å². The SMILES string of the molecule is O=C(COc1cccnc1[N+](=O)[O-])Nc1ccccc1C(=O)NCc1ccccc1. The molecule has 0 aliphatic rings. The maximum atomic E-state index is 12.5.